The minimum absolute atomic E-state index is 0.573. The Morgan fingerprint density at radius 1 is 1.28 bits per heavy atom. The second-order valence-corrected chi connectivity index (χ2v) is 5.05. The molecule has 0 spiro atoms. The minimum atomic E-state index is 0.573. The number of anilines is 1. The number of benzene rings is 1. The molecule has 0 amide bonds. The molecule has 3 nitrogen and oxygen atoms in total. The molecule has 3 N–H and O–H groups in total. The van der Waals surface area contributed by atoms with Gasteiger partial charge in [0.15, 0.2) is 0 Å². The summed E-state index contributed by atoms with van der Waals surface area (Å²) in [7, 11) is 0. The number of pyridine rings is 1. The van der Waals surface area contributed by atoms with Crippen molar-refractivity contribution in [3.8, 4) is 0 Å². The van der Waals surface area contributed by atoms with Gasteiger partial charge < -0.3 is 11.1 Å². The van der Waals surface area contributed by atoms with Gasteiger partial charge in [0, 0.05) is 23.8 Å². The van der Waals surface area contributed by atoms with Crippen LogP contribution in [0.1, 0.15) is 16.7 Å². The summed E-state index contributed by atoms with van der Waals surface area (Å²) >= 11 is 3.44. The third kappa shape index (κ3) is 3.31. The fraction of sp³-hybridized carbons (Fsp3) is 0.214. The maximum Gasteiger partial charge on any atom is 0.126 e. The van der Waals surface area contributed by atoms with E-state index in [-0.39, 0.29) is 0 Å². The predicted octanol–water partition coefficient (Wildman–Crippen LogP) is 3.22. The van der Waals surface area contributed by atoms with E-state index in [9.17, 15) is 0 Å². The van der Waals surface area contributed by atoms with E-state index in [0.717, 1.165) is 22.4 Å². The number of hydrogen-bond donors (Lipinski definition) is 2. The molecule has 1 aromatic carbocycles. The first-order valence-electron chi connectivity index (χ1n) is 5.83. The topological polar surface area (TPSA) is 50.9 Å². The highest BCUT2D eigenvalue weighted by atomic mass is 79.9. The predicted molar refractivity (Wildman–Crippen MR) is 78.3 cm³/mol. The molecule has 1 aromatic heterocycles. The molecular weight excluding hydrogens is 290 g/mol. The van der Waals surface area contributed by atoms with Gasteiger partial charge in [-0.25, -0.2) is 4.98 Å². The molecule has 0 aliphatic carbocycles. The average Bonchev–Trinajstić information content (AvgIpc) is 2.40. The van der Waals surface area contributed by atoms with Gasteiger partial charge in [-0.2, -0.15) is 0 Å². The third-order valence-corrected chi connectivity index (χ3v) is 3.58. The highest BCUT2D eigenvalue weighted by molar-refractivity contribution is 9.10. The number of nitrogens with one attached hydrogen (secondary N) is 1. The lowest BCUT2D eigenvalue weighted by molar-refractivity contribution is 1.04. The Morgan fingerprint density at radius 3 is 2.78 bits per heavy atom. The van der Waals surface area contributed by atoms with Crippen LogP contribution in [0.15, 0.2) is 41.0 Å². The Bertz CT molecular complexity index is 540. The number of aryl methyl sites for hydroxylation is 1. The van der Waals surface area contributed by atoms with Crippen molar-refractivity contribution in [1.82, 2.24) is 4.98 Å². The van der Waals surface area contributed by atoms with E-state index in [1.807, 2.05) is 31.3 Å². The molecular formula is C14H16BrN3. The summed E-state index contributed by atoms with van der Waals surface area (Å²) < 4.78 is 1.03. The van der Waals surface area contributed by atoms with Crippen LogP contribution in [-0.4, -0.2) is 4.98 Å². The van der Waals surface area contributed by atoms with Gasteiger partial charge in [-0.15, -0.1) is 0 Å². The summed E-state index contributed by atoms with van der Waals surface area (Å²) in [6, 6.07) is 10.3. The number of hydrogen-bond acceptors (Lipinski definition) is 3. The van der Waals surface area contributed by atoms with Gasteiger partial charge in [-0.3, -0.25) is 0 Å². The Balaban J connectivity index is 2.04. The van der Waals surface area contributed by atoms with Crippen molar-refractivity contribution in [1.29, 1.82) is 0 Å². The number of rotatable bonds is 4. The zero-order chi connectivity index (χ0) is 13.0. The average molecular weight is 306 g/mol. The third-order valence-electron chi connectivity index (χ3n) is 2.75. The first-order chi connectivity index (χ1) is 8.69. The lowest BCUT2D eigenvalue weighted by atomic mass is 10.1. The summed E-state index contributed by atoms with van der Waals surface area (Å²) in [6.07, 6.45) is 1.81. The first-order valence-corrected chi connectivity index (χ1v) is 6.62. The van der Waals surface area contributed by atoms with Crippen molar-refractivity contribution in [3.63, 3.8) is 0 Å². The number of halogens is 1. The van der Waals surface area contributed by atoms with Crippen molar-refractivity contribution in [2.24, 2.45) is 5.73 Å². The van der Waals surface area contributed by atoms with E-state index in [4.69, 9.17) is 5.73 Å². The van der Waals surface area contributed by atoms with E-state index < -0.39 is 0 Å². The minimum Gasteiger partial charge on any atom is -0.366 e. The molecule has 1 heterocycles. The monoisotopic (exact) mass is 305 g/mol. The standard InChI is InChI=1S/C14H16BrN3/c1-10-5-14(18-9-13(10)15)17-8-12-4-2-3-11(6-12)7-16/h2-6,9H,7-8,16H2,1H3,(H,17,18). The fourth-order valence-electron chi connectivity index (χ4n) is 1.70. The van der Waals surface area contributed by atoms with Gasteiger partial charge in [-0.1, -0.05) is 24.3 Å². The normalized spacial score (nSPS) is 10.4. The van der Waals surface area contributed by atoms with Crippen LogP contribution in [-0.2, 0) is 13.1 Å². The van der Waals surface area contributed by atoms with Crippen molar-refractivity contribution in [2.45, 2.75) is 20.0 Å². The quantitative estimate of drug-likeness (QED) is 0.912. The van der Waals surface area contributed by atoms with Crippen LogP contribution in [0.3, 0.4) is 0 Å². The molecule has 4 heteroatoms. The van der Waals surface area contributed by atoms with Crippen LogP contribution in [0.25, 0.3) is 0 Å². The molecule has 2 aromatic rings. The van der Waals surface area contributed by atoms with Crippen LogP contribution in [0.2, 0.25) is 0 Å². The van der Waals surface area contributed by atoms with Gasteiger partial charge in [0.1, 0.15) is 5.82 Å². The summed E-state index contributed by atoms with van der Waals surface area (Å²) in [4.78, 5) is 4.31. The summed E-state index contributed by atoms with van der Waals surface area (Å²) in [5.41, 5.74) is 9.15. The van der Waals surface area contributed by atoms with Gasteiger partial charge in [0.05, 0.1) is 0 Å². The maximum absolute atomic E-state index is 5.62. The first kappa shape index (κ1) is 13.1. The lowest BCUT2D eigenvalue weighted by Gasteiger charge is -2.08. The van der Waals surface area contributed by atoms with Crippen molar-refractivity contribution in [2.75, 3.05) is 5.32 Å². The molecule has 18 heavy (non-hydrogen) atoms. The van der Waals surface area contributed by atoms with Crippen molar-refractivity contribution in [3.05, 3.63) is 57.7 Å². The molecule has 94 valence electrons. The molecule has 0 saturated heterocycles. The molecule has 0 unspecified atom stereocenters. The molecule has 0 fully saturated rings. The Kier molecular flexibility index (Phi) is 4.33. The lowest BCUT2D eigenvalue weighted by Crippen LogP contribution is -2.03. The smallest absolute Gasteiger partial charge is 0.126 e. The second kappa shape index (κ2) is 5.98. The highest BCUT2D eigenvalue weighted by Crippen LogP contribution is 2.17. The summed E-state index contributed by atoms with van der Waals surface area (Å²) in [5, 5.41) is 3.31. The fourth-order valence-corrected chi connectivity index (χ4v) is 1.91. The van der Waals surface area contributed by atoms with E-state index in [1.54, 1.807) is 0 Å². The number of nitrogens with two attached hydrogens (primary N) is 1. The van der Waals surface area contributed by atoms with Crippen LogP contribution in [0.4, 0.5) is 5.82 Å². The van der Waals surface area contributed by atoms with Gasteiger partial charge in [0.2, 0.25) is 0 Å². The van der Waals surface area contributed by atoms with Crippen LogP contribution >= 0.6 is 15.9 Å². The zero-order valence-electron chi connectivity index (χ0n) is 10.3. The number of aromatic nitrogens is 1. The van der Waals surface area contributed by atoms with E-state index >= 15 is 0 Å². The molecule has 2 rings (SSSR count). The van der Waals surface area contributed by atoms with Crippen molar-refractivity contribution < 1.29 is 0 Å². The number of nitrogens with zero attached hydrogens (tertiary/aromatic N) is 1. The largest absolute Gasteiger partial charge is 0.366 e. The van der Waals surface area contributed by atoms with Crippen LogP contribution in [0, 0.1) is 6.92 Å². The van der Waals surface area contributed by atoms with Gasteiger partial charge in [0.25, 0.3) is 0 Å². The SMILES string of the molecule is Cc1cc(NCc2cccc(CN)c2)ncc1Br. The van der Waals surface area contributed by atoms with Crippen LogP contribution < -0.4 is 11.1 Å². The summed E-state index contributed by atoms with van der Waals surface area (Å²) in [6.45, 7) is 3.37. The Morgan fingerprint density at radius 2 is 2.06 bits per heavy atom. The zero-order valence-corrected chi connectivity index (χ0v) is 11.9. The molecule has 0 radical (unpaired) electrons. The Labute approximate surface area is 116 Å². The van der Waals surface area contributed by atoms with E-state index in [2.05, 4.69) is 38.4 Å². The molecule has 0 atom stereocenters. The maximum atomic E-state index is 5.62. The Hall–Kier alpha value is -1.39. The molecule has 0 bridgehead atoms. The van der Waals surface area contributed by atoms with Gasteiger partial charge >= 0.3 is 0 Å². The highest BCUT2D eigenvalue weighted by Gasteiger charge is 1.99. The van der Waals surface area contributed by atoms with E-state index in [1.165, 1.54) is 11.1 Å². The van der Waals surface area contributed by atoms with Gasteiger partial charge in [-0.05, 0) is 45.6 Å². The van der Waals surface area contributed by atoms with Crippen LogP contribution in [0.5, 0.6) is 0 Å². The molecule has 0 aliphatic rings. The second-order valence-electron chi connectivity index (χ2n) is 4.20. The molecule has 0 aliphatic heterocycles. The van der Waals surface area contributed by atoms with E-state index in [0.29, 0.717) is 6.54 Å². The molecule has 0 saturated carbocycles. The summed E-state index contributed by atoms with van der Waals surface area (Å²) in [5.74, 6) is 0.883. The van der Waals surface area contributed by atoms with Crippen molar-refractivity contribution >= 4 is 21.7 Å².